The van der Waals surface area contributed by atoms with Crippen LogP contribution in [0.4, 0.5) is 0 Å². The zero-order chi connectivity index (χ0) is 10.8. The monoisotopic (exact) mass is 216 g/mol. The van der Waals surface area contributed by atoms with E-state index in [1.54, 1.807) is 0 Å². The molecule has 2 heteroatoms. The molecule has 2 fully saturated rings. The second kappa shape index (κ2) is 4.56. The summed E-state index contributed by atoms with van der Waals surface area (Å²) in [5.74, 6) is 0.774. The molecule has 1 aromatic rings. The van der Waals surface area contributed by atoms with Crippen molar-refractivity contribution in [2.75, 3.05) is 13.1 Å². The lowest BCUT2D eigenvalue weighted by molar-refractivity contribution is 0.383. The van der Waals surface area contributed by atoms with Crippen LogP contribution in [-0.4, -0.2) is 25.2 Å². The van der Waals surface area contributed by atoms with E-state index in [0.717, 1.165) is 18.0 Å². The normalized spacial score (nSPS) is 30.2. The zero-order valence-corrected chi connectivity index (χ0v) is 9.65. The summed E-state index contributed by atoms with van der Waals surface area (Å²) in [5, 5.41) is 7.21. The van der Waals surface area contributed by atoms with Crippen LogP contribution in [0.5, 0.6) is 0 Å². The van der Waals surface area contributed by atoms with Gasteiger partial charge in [-0.1, -0.05) is 30.3 Å². The Morgan fingerprint density at radius 1 is 1.06 bits per heavy atom. The molecule has 0 amide bonds. The van der Waals surface area contributed by atoms with Crippen molar-refractivity contribution in [2.24, 2.45) is 0 Å². The van der Waals surface area contributed by atoms with Crippen molar-refractivity contribution in [3.05, 3.63) is 35.9 Å². The molecule has 2 aliphatic rings. The third-order valence-corrected chi connectivity index (χ3v) is 3.81. The molecule has 86 valence electrons. The van der Waals surface area contributed by atoms with Gasteiger partial charge in [-0.2, -0.15) is 0 Å². The number of rotatable bonds is 3. The van der Waals surface area contributed by atoms with Crippen LogP contribution in [0.2, 0.25) is 0 Å². The quantitative estimate of drug-likeness (QED) is 0.806. The molecule has 1 aliphatic heterocycles. The summed E-state index contributed by atoms with van der Waals surface area (Å²) >= 11 is 0. The van der Waals surface area contributed by atoms with E-state index in [4.69, 9.17) is 0 Å². The molecule has 2 nitrogen and oxygen atoms in total. The summed E-state index contributed by atoms with van der Waals surface area (Å²) in [7, 11) is 0. The van der Waals surface area contributed by atoms with Crippen LogP contribution in [0.1, 0.15) is 30.7 Å². The second-order valence-corrected chi connectivity index (χ2v) is 5.05. The molecule has 0 aromatic heterocycles. The van der Waals surface area contributed by atoms with Crippen molar-refractivity contribution in [1.29, 1.82) is 0 Å². The van der Waals surface area contributed by atoms with Crippen molar-refractivity contribution >= 4 is 0 Å². The van der Waals surface area contributed by atoms with Crippen molar-refractivity contribution in [2.45, 2.75) is 37.3 Å². The van der Waals surface area contributed by atoms with Crippen molar-refractivity contribution < 1.29 is 0 Å². The van der Waals surface area contributed by atoms with E-state index in [-0.39, 0.29) is 0 Å². The van der Waals surface area contributed by atoms with Gasteiger partial charge in [0.05, 0.1) is 0 Å². The molecule has 2 N–H and O–H groups in total. The minimum Gasteiger partial charge on any atom is -0.317 e. The second-order valence-electron chi connectivity index (χ2n) is 5.05. The predicted molar refractivity (Wildman–Crippen MR) is 66.6 cm³/mol. The fraction of sp³-hybridized carbons (Fsp3) is 0.571. The van der Waals surface area contributed by atoms with Gasteiger partial charge < -0.3 is 10.6 Å². The van der Waals surface area contributed by atoms with E-state index in [1.807, 2.05) is 0 Å². The van der Waals surface area contributed by atoms with Crippen LogP contribution in [0.25, 0.3) is 0 Å². The molecule has 2 atom stereocenters. The zero-order valence-electron chi connectivity index (χ0n) is 9.65. The summed E-state index contributed by atoms with van der Waals surface area (Å²) in [4.78, 5) is 0. The van der Waals surface area contributed by atoms with Crippen LogP contribution in [-0.2, 0) is 0 Å². The van der Waals surface area contributed by atoms with Gasteiger partial charge in [-0.05, 0) is 37.9 Å². The van der Waals surface area contributed by atoms with Crippen LogP contribution in [0.15, 0.2) is 30.3 Å². The minimum atomic E-state index is 0.741. The fourth-order valence-electron chi connectivity index (χ4n) is 2.74. The van der Waals surface area contributed by atoms with Crippen molar-refractivity contribution in [3.63, 3.8) is 0 Å². The van der Waals surface area contributed by atoms with Gasteiger partial charge in [0.2, 0.25) is 0 Å². The molecule has 1 saturated carbocycles. The summed E-state index contributed by atoms with van der Waals surface area (Å²) in [5.41, 5.74) is 1.51. The van der Waals surface area contributed by atoms with Crippen LogP contribution in [0.3, 0.4) is 0 Å². The number of hydrogen-bond acceptors (Lipinski definition) is 2. The SMILES string of the molecule is c1ccc([C@H]2C[C@H]2NC2CCNCC2)cc1. The maximum atomic E-state index is 3.80. The lowest BCUT2D eigenvalue weighted by atomic mass is 10.1. The van der Waals surface area contributed by atoms with Gasteiger partial charge in [0.25, 0.3) is 0 Å². The molecular weight excluding hydrogens is 196 g/mol. The van der Waals surface area contributed by atoms with Crippen LogP contribution < -0.4 is 10.6 Å². The summed E-state index contributed by atoms with van der Waals surface area (Å²) in [6.07, 6.45) is 3.91. The van der Waals surface area contributed by atoms with E-state index >= 15 is 0 Å². The van der Waals surface area contributed by atoms with Gasteiger partial charge in [0, 0.05) is 18.0 Å². The largest absolute Gasteiger partial charge is 0.317 e. The maximum absolute atomic E-state index is 3.80. The Hall–Kier alpha value is -0.860. The van der Waals surface area contributed by atoms with E-state index in [1.165, 1.54) is 37.9 Å². The Bertz CT molecular complexity index is 330. The van der Waals surface area contributed by atoms with Gasteiger partial charge >= 0.3 is 0 Å². The van der Waals surface area contributed by atoms with E-state index in [2.05, 4.69) is 41.0 Å². The first-order valence-corrected chi connectivity index (χ1v) is 6.45. The molecule has 1 saturated heterocycles. The smallest absolute Gasteiger partial charge is 0.0145 e. The Morgan fingerprint density at radius 3 is 2.56 bits per heavy atom. The highest BCUT2D eigenvalue weighted by molar-refractivity contribution is 5.27. The molecule has 1 heterocycles. The van der Waals surface area contributed by atoms with Crippen molar-refractivity contribution in [1.82, 2.24) is 10.6 Å². The first-order chi connectivity index (χ1) is 7.93. The summed E-state index contributed by atoms with van der Waals surface area (Å²) < 4.78 is 0. The molecule has 1 aromatic carbocycles. The number of nitrogens with one attached hydrogen (secondary N) is 2. The standard InChI is InChI=1S/C14H20N2/c1-2-4-11(5-3-1)13-10-14(13)16-12-6-8-15-9-7-12/h1-5,12-16H,6-10H2/t13-,14-/m1/s1. The molecule has 1 aliphatic carbocycles. The first-order valence-electron chi connectivity index (χ1n) is 6.45. The maximum Gasteiger partial charge on any atom is 0.0145 e. The van der Waals surface area contributed by atoms with E-state index in [0.29, 0.717) is 0 Å². The Morgan fingerprint density at radius 2 is 1.81 bits per heavy atom. The molecule has 3 rings (SSSR count). The number of hydrogen-bond donors (Lipinski definition) is 2. The van der Waals surface area contributed by atoms with E-state index in [9.17, 15) is 0 Å². The highest BCUT2D eigenvalue weighted by Gasteiger charge is 2.39. The van der Waals surface area contributed by atoms with Gasteiger partial charge in [-0.25, -0.2) is 0 Å². The summed E-state index contributed by atoms with van der Waals surface area (Å²) in [6.45, 7) is 2.36. The first kappa shape index (κ1) is 10.3. The van der Waals surface area contributed by atoms with Gasteiger partial charge in [0.1, 0.15) is 0 Å². The molecule has 0 unspecified atom stereocenters. The van der Waals surface area contributed by atoms with Crippen LogP contribution >= 0.6 is 0 Å². The molecular formula is C14H20N2. The Balaban J connectivity index is 1.52. The molecule has 0 radical (unpaired) electrons. The third-order valence-electron chi connectivity index (χ3n) is 3.81. The highest BCUT2D eigenvalue weighted by Crippen LogP contribution is 2.41. The number of piperidine rings is 1. The van der Waals surface area contributed by atoms with Gasteiger partial charge in [-0.3, -0.25) is 0 Å². The Kier molecular flexibility index (Phi) is 2.94. The average molecular weight is 216 g/mol. The molecule has 0 bridgehead atoms. The third kappa shape index (κ3) is 2.28. The Labute approximate surface area is 97.4 Å². The predicted octanol–water partition coefficient (Wildman–Crippen LogP) is 1.88. The molecule has 16 heavy (non-hydrogen) atoms. The van der Waals surface area contributed by atoms with Gasteiger partial charge in [0.15, 0.2) is 0 Å². The topological polar surface area (TPSA) is 24.1 Å². The fourth-order valence-corrected chi connectivity index (χ4v) is 2.74. The highest BCUT2D eigenvalue weighted by atomic mass is 15.0. The van der Waals surface area contributed by atoms with Gasteiger partial charge in [-0.15, -0.1) is 0 Å². The number of benzene rings is 1. The minimum absolute atomic E-state index is 0.741. The van der Waals surface area contributed by atoms with Crippen molar-refractivity contribution in [3.8, 4) is 0 Å². The van der Waals surface area contributed by atoms with Crippen LogP contribution in [0, 0.1) is 0 Å². The lowest BCUT2D eigenvalue weighted by Gasteiger charge is -2.24. The van der Waals surface area contributed by atoms with E-state index < -0.39 is 0 Å². The average Bonchev–Trinajstić information content (AvgIpc) is 3.11. The molecule has 0 spiro atoms. The lowest BCUT2D eigenvalue weighted by Crippen LogP contribution is -2.41. The summed E-state index contributed by atoms with van der Waals surface area (Å²) in [6, 6.07) is 12.4.